The molecule has 0 unspecified atom stereocenters. The van der Waals surface area contributed by atoms with Gasteiger partial charge in [0, 0.05) is 18.8 Å². The first-order chi connectivity index (χ1) is 14.0. The molecule has 30 heavy (non-hydrogen) atoms. The molecule has 0 spiro atoms. The molecule has 2 aromatic rings. The van der Waals surface area contributed by atoms with E-state index >= 15 is 0 Å². The van der Waals surface area contributed by atoms with Crippen LogP contribution in [0.25, 0.3) is 0 Å². The third-order valence-corrected chi connectivity index (χ3v) is 5.22. The highest BCUT2D eigenvalue weighted by molar-refractivity contribution is 6.62. The topological polar surface area (TPSA) is 69.7 Å². The van der Waals surface area contributed by atoms with E-state index in [1.807, 2.05) is 27.7 Å². The first-order valence-corrected chi connectivity index (χ1v) is 9.31. The van der Waals surface area contributed by atoms with Crippen LogP contribution in [0.1, 0.15) is 43.6 Å². The summed E-state index contributed by atoms with van der Waals surface area (Å²) in [6, 6.07) is 6.83. The Balaban J connectivity index is 1.68. The first kappa shape index (κ1) is 22.1. The van der Waals surface area contributed by atoms with Crippen LogP contribution in [0.5, 0.6) is 5.88 Å². The predicted molar refractivity (Wildman–Crippen MR) is 104 cm³/mol. The molecule has 1 saturated heterocycles. The third kappa shape index (κ3) is 4.76. The summed E-state index contributed by atoms with van der Waals surface area (Å²) in [6.07, 6.45) is 1.29. The van der Waals surface area contributed by atoms with E-state index in [2.05, 4.69) is 15.0 Å². The molecule has 0 saturated carbocycles. The molecule has 1 aromatic carbocycles. The molecule has 1 N–H and O–H groups in total. The van der Waals surface area contributed by atoms with Gasteiger partial charge in [-0.3, -0.25) is 4.79 Å². The monoisotopic (exact) mass is 422 g/mol. The highest BCUT2D eigenvalue weighted by Gasteiger charge is 2.51. The molecule has 1 aliphatic rings. The van der Waals surface area contributed by atoms with Crippen molar-refractivity contribution in [2.45, 2.75) is 52.1 Å². The zero-order chi connectivity index (χ0) is 22.1. The summed E-state index contributed by atoms with van der Waals surface area (Å²) in [7, 11) is -0.728. The Labute approximate surface area is 172 Å². The summed E-state index contributed by atoms with van der Waals surface area (Å²) in [4.78, 5) is 16.2. The van der Waals surface area contributed by atoms with Gasteiger partial charge in [0.1, 0.15) is 5.82 Å². The second kappa shape index (κ2) is 8.27. The second-order valence-corrected chi connectivity index (χ2v) is 7.89. The van der Waals surface area contributed by atoms with Crippen LogP contribution >= 0.6 is 0 Å². The van der Waals surface area contributed by atoms with Gasteiger partial charge < -0.3 is 19.4 Å². The first-order valence-electron chi connectivity index (χ1n) is 9.31. The number of nitrogens with zero attached hydrogens (tertiary/aromatic N) is 1. The number of halogens is 3. The molecule has 1 aliphatic heterocycles. The minimum absolute atomic E-state index is 0.0287. The van der Waals surface area contributed by atoms with Crippen LogP contribution in [0.2, 0.25) is 0 Å². The van der Waals surface area contributed by atoms with Gasteiger partial charge in [-0.1, -0.05) is 12.1 Å². The van der Waals surface area contributed by atoms with Gasteiger partial charge in [-0.25, -0.2) is 9.37 Å². The second-order valence-electron chi connectivity index (χ2n) is 7.89. The van der Waals surface area contributed by atoms with E-state index < -0.39 is 36.7 Å². The Hall–Kier alpha value is -2.59. The molecule has 1 fully saturated rings. The van der Waals surface area contributed by atoms with E-state index in [-0.39, 0.29) is 18.0 Å². The summed E-state index contributed by atoms with van der Waals surface area (Å²) < 4.78 is 54.6. The Bertz CT molecular complexity index is 907. The normalized spacial score (nSPS) is 17.3. The smallest absolute Gasteiger partial charge is 0.417 e. The molecule has 3 rings (SSSR count). The van der Waals surface area contributed by atoms with Crippen molar-refractivity contribution in [2.75, 3.05) is 0 Å². The number of hydrogen-bond donors (Lipinski definition) is 1. The van der Waals surface area contributed by atoms with Crippen molar-refractivity contribution in [2.24, 2.45) is 0 Å². The maximum Gasteiger partial charge on any atom is 0.494 e. The number of alkyl halides is 2. The van der Waals surface area contributed by atoms with Crippen LogP contribution in [0.15, 0.2) is 36.5 Å². The Morgan fingerprint density at radius 1 is 1.17 bits per heavy atom. The lowest BCUT2D eigenvalue weighted by Gasteiger charge is -2.32. The Morgan fingerprint density at radius 2 is 1.83 bits per heavy atom. The van der Waals surface area contributed by atoms with Crippen molar-refractivity contribution >= 4 is 18.5 Å². The minimum Gasteiger partial charge on any atom is -0.417 e. The van der Waals surface area contributed by atoms with Crippen molar-refractivity contribution in [1.29, 1.82) is 0 Å². The predicted octanol–water partition coefficient (Wildman–Crippen LogP) is 3.05. The van der Waals surface area contributed by atoms with Gasteiger partial charge in [0.05, 0.1) is 16.8 Å². The summed E-state index contributed by atoms with van der Waals surface area (Å²) in [5, 5.41) is 2.58. The summed E-state index contributed by atoms with van der Waals surface area (Å²) >= 11 is 0. The molecule has 0 aliphatic carbocycles. The van der Waals surface area contributed by atoms with Gasteiger partial charge in [-0.2, -0.15) is 8.78 Å². The molecular weight excluding hydrogens is 400 g/mol. The van der Waals surface area contributed by atoms with Crippen LogP contribution in [-0.2, 0) is 15.9 Å². The van der Waals surface area contributed by atoms with Crippen molar-refractivity contribution < 1.29 is 32.0 Å². The molecule has 10 heteroatoms. The molecule has 0 bridgehead atoms. The van der Waals surface area contributed by atoms with Gasteiger partial charge in [0.2, 0.25) is 5.88 Å². The van der Waals surface area contributed by atoms with E-state index in [0.717, 1.165) is 0 Å². The van der Waals surface area contributed by atoms with Crippen LogP contribution in [0, 0.1) is 5.82 Å². The van der Waals surface area contributed by atoms with Crippen LogP contribution < -0.4 is 15.5 Å². The molecule has 1 amide bonds. The van der Waals surface area contributed by atoms with Crippen molar-refractivity contribution in [3.63, 3.8) is 0 Å². The number of carbonyl (C=O) groups excluding carboxylic acids is 1. The molecule has 2 heterocycles. The van der Waals surface area contributed by atoms with Gasteiger partial charge in [-0.05, 0) is 50.9 Å². The summed E-state index contributed by atoms with van der Waals surface area (Å²) in [5.74, 6) is -1.56. The number of carbonyl (C=O) groups is 1. The number of hydrogen-bond acceptors (Lipinski definition) is 5. The number of pyridine rings is 1. The van der Waals surface area contributed by atoms with Gasteiger partial charge in [0.25, 0.3) is 5.91 Å². The van der Waals surface area contributed by atoms with Crippen molar-refractivity contribution in [3.8, 4) is 5.88 Å². The maximum atomic E-state index is 14.3. The Kier molecular flexibility index (Phi) is 6.10. The number of rotatable bonds is 6. The zero-order valence-electron chi connectivity index (χ0n) is 17.0. The van der Waals surface area contributed by atoms with Crippen LogP contribution in [-0.4, -0.2) is 35.8 Å². The largest absolute Gasteiger partial charge is 0.494 e. The lowest BCUT2D eigenvalue weighted by atomic mass is 9.78. The zero-order valence-corrected chi connectivity index (χ0v) is 17.0. The average Bonchev–Trinajstić information content (AvgIpc) is 2.88. The molecular formula is C20H22BF3N2O4. The fourth-order valence-electron chi connectivity index (χ4n) is 2.80. The van der Waals surface area contributed by atoms with Crippen molar-refractivity contribution in [3.05, 3.63) is 53.5 Å². The van der Waals surface area contributed by atoms with Gasteiger partial charge in [0.15, 0.2) is 0 Å². The maximum absolute atomic E-state index is 14.3. The van der Waals surface area contributed by atoms with E-state index in [0.29, 0.717) is 11.0 Å². The van der Waals surface area contributed by atoms with Gasteiger partial charge in [-0.15, -0.1) is 0 Å². The number of aromatic nitrogens is 1. The van der Waals surface area contributed by atoms with E-state index in [1.165, 1.54) is 36.5 Å². The highest BCUT2D eigenvalue weighted by Crippen LogP contribution is 2.36. The fourth-order valence-corrected chi connectivity index (χ4v) is 2.80. The third-order valence-electron chi connectivity index (χ3n) is 5.22. The molecule has 0 atom stereocenters. The minimum atomic E-state index is -2.97. The lowest BCUT2D eigenvalue weighted by Crippen LogP contribution is -2.41. The van der Waals surface area contributed by atoms with Gasteiger partial charge >= 0.3 is 13.7 Å². The summed E-state index contributed by atoms with van der Waals surface area (Å²) in [5.41, 5.74) is -0.237. The van der Waals surface area contributed by atoms with Crippen molar-refractivity contribution in [1.82, 2.24) is 10.3 Å². The molecule has 0 radical (unpaired) electrons. The van der Waals surface area contributed by atoms with Crippen LogP contribution in [0.3, 0.4) is 0 Å². The average molecular weight is 422 g/mol. The standard InChI is InChI=1S/C20H22BF3N2O4/c1-19(2)20(3,4)30-21(29-19)13-6-7-15(22)14(9-13)17(27)26-11-12-5-8-16(25-10-12)28-18(23)24/h5-10,18H,11H2,1-4H3,(H,26,27). The number of nitrogens with one attached hydrogen (secondary N) is 1. The summed E-state index contributed by atoms with van der Waals surface area (Å²) in [6.45, 7) is 4.65. The van der Waals surface area contributed by atoms with E-state index in [9.17, 15) is 18.0 Å². The molecule has 6 nitrogen and oxygen atoms in total. The van der Waals surface area contributed by atoms with Crippen LogP contribution in [0.4, 0.5) is 13.2 Å². The fraction of sp³-hybridized carbons (Fsp3) is 0.400. The number of ether oxygens (including phenoxy) is 1. The van der Waals surface area contributed by atoms with E-state index in [4.69, 9.17) is 9.31 Å². The lowest BCUT2D eigenvalue weighted by molar-refractivity contribution is -0.0528. The SMILES string of the molecule is CC1(C)OB(c2ccc(F)c(C(=O)NCc3ccc(OC(F)F)nc3)c2)OC1(C)C. The quantitative estimate of drug-likeness (QED) is 0.725. The number of benzene rings is 1. The van der Waals surface area contributed by atoms with E-state index in [1.54, 1.807) is 0 Å². The Morgan fingerprint density at radius 3 is 2.40 bits per heavy atom. The molecule has 1 aromatic heterocycles. The number of amides is 1. The highest BCUT2D eigenvalue weighted by atomic mass is 19.3. The molecule has 160 valence electrons.